The summed E-state index contributed by atoms with van der Waals surface area (Å²) < 4.78 is 26.5. The maximum absolute atomic E-state index is 13.5. The molecule has 1 aromatic heterocycles. The van der Waals surface area contributed by atoms with Gasteiger partial charge in [-0.2, -0.15) is 0 Å². The molecule has 98 valence electrons. The average Bonchev–Trinajstić information content (AvgIpc) is 2.82. The maximum Gasteiger partial charge on any atom is 0.352 e. The number of hydrogen-bond acceptors (Lipinski definition) is 3. The van der Waals surface area contributed by atoms with E-state index in [0.29, 0.717) is 6.07 Å². The largest absolute Gasteiger partial charge is 0.477 e. The number of nitrogens with one attached hydrogen (secondary N) is 1. The van der Waals surface area contributed by atoms with Gasteiger partial charge in [0.25, 0.3) is 0 Å². The minimum atomic E-state index is -1.25. The summed E-state index contributed by atoms with van der Waals surface area (Å²) in [6.45, 7) is 0. The smallest absolute Gasteiger partial charge is 0.352 e. The highest BCUT2D eigenvalue weighted by molar-refractivity contribution is 6.10. The molecule has 0 atom stereocenters. The quantitative estimate of drug-likeness (QED) is 0.583. The van der Waals surface area contributed by atoms with Crippen LogP contribution in [-0.4, -0.2) is 21.8 Å². The first-order chi connectivity index (χ1) is 8.90. The molecule has 0 aliphatic carbocycles. The molecule has 7 heteroatoms. The van der Waals surface area contributed by atoms with Crippen LogP contribution in [0.1, 0.15) is 26.4 Å². The van der Waals surface area contributed by atoms with Gasteiger partial charge in [-0.25, -0.2) is 13.6 Å². The second kappa shape index (κ2) is 4.52. The minimum Gasteiger partial charge on any atom is -0.477 e. The van der Waals surface area contributed by atoms with Crippen LogP contribution in [0.4, 0.5) is 14.5 Å². The van der Waals surface area contributed by atoms with Gasteiger partial charge in [-0.3, -0.25) is 4.79 Å². The summed E-state index contributed by atoms with van der Waals surface area (Å²) in [5, 5.41) is 8.70. The van der Waals surface area contributed by atoms with Crippen LogP contribution in [0.2, 0.25) is 0 Å². The Morgan fingerprint density at radius 3 is 2.42 bits per heavy atom. The number of hydrogen-bond donors (Lipinski definition) is 3. The fourth-order valence-corrected chi connectivity index (χ4v) is 1.54. The number of halogens is 2. The summed E-state index contributed by atoms with van der Waals surface area (Å²) in [7, 11) is 0. The highest BCUT2D eigenvalue weighted by Gasteiger charge is 2.19. The summed E-state index contributed by atoms with van der Waals surface area (Å²) >= 11 is 0. The summed E-state index contributed by atoms with van der Waals surface area (Å²) in [4.78, 5) is 24.9. The number of carbonyl (C=O) groups is 2. The molecule has 0 spiro atoms. The number of benzene rings is 1. The summed E-state index contributed by atoms with van der Waals surface area (Å²) in [5.41, 5.74) is 4.22. The standard InChI is InChI=1S/C12H8F2N2O3/c13-7-3-8(14)9(15)2-6(7)11(17)5-1-10(12(18)19)16-4-5/h1-4,16H,15H2,(H,18,19). The van der Waals surface area contributed by atoms with Crippen LogP contribution in [0.5, 0.6) is 0 Å². The summed E-state index contributed by atoms with van der Waals surface area (Å²) in [6, 6.07) is 2.44. The topological polar surface area (TPSA) is 96.2 Å². The summed E-state index contributed by atoms with van der Waals surface area (Å²) in [6.07, 6.45) is 1.13. The van der Waals surface area contributed by atoms with E-state index in [1.807, 2.05) is 0 Å². The number of H-pyrrole nitrogens is 1. The molecule has 1 heterocycles. The van der Waals surface area contributed by atoms with Crippen molar-refractivity contribution < 1.29 is 23.5 Å². The Morgan fingerprint density at radius 1 is 1.16 bits per heavy atom. The monoisotopic (exact) mass is 266 g/mol. The predicted octanol–water partition coefficient (Wildman–Crippen LogP) is 1.80. The van der Waals surface area contributed by atoms with Crippen molar-refractivity contribution in [1.29, 1.82) is 0 Å². The van der Waals surface area contributed by atoms with Gasteiger partial charge in [0.05, 0.1) is 11.3 Å². The van der Waals surface area contributed by atoms with Gasteiger partial charge >= 0.3 is 5.97 Å². The van der Waals surface area contributed by atoms with Crippen molar-refractivity contribution in [2.24, 2.45) is 0 Å². The van der Waals surface area contributed by atoms with Crippen LogP contribution in [0.15, 0.2) is 24.4 Å². The number of anilines is 1. The predicted molar refractivity (Wildman–Crippen MR) is 62.0 cm³/mol. The normalized spacial score (nSPS) is 10.4. The molecular formula is C12H8F2N2O3. The van der Waals surface area contributed by atoms with Gasteiger partial charge < -0.3 is 15.8 Å². The third-order valence-electron chi connectivity index (χ3n) is 2.51. The third kappa shape index (κ3) is 2.30. The second-order valence-corrected chi connectivity index (χ2v) is 3.79. The molecule has 0 aliphatic rings. The molecule has 4 N–H and O–H groups in total. The molecule has 2 rings (SSSR count). The van der Waals surface area contributed by atoms with E-state index in [1.54, 1.807) is 0 Å². The lowest BCUT2D eigenvalue weighted by atomic mass is 10.0. The molecule has 0 saturated carbocycles. The Bertz CT molecular complexity index is 680. The minimum absolute atomic E-state index is 0.0534. The highest BCUT2D eigenvalue weighted by Crippen LogP contribution is 2.20. The Hall–Kier alpha value is -2.70. The van der Waals surface area contributed by atoms with Crippen LogP contribution in [0, 0.1) is 11.6 Å². The molecule has 0 saturated heterocycles. The molecule has 19 heavy (non-hydrogen) atoms. The molecule has 0 bridgehead atoms. The summed E-state index contributed by atoms with van der Waals surface area (Å²) in [5.74, 6) is -4.06. The lowest BCUT2D eigenvalue weighted by molar-refractivity contribution is 0.0691. The zero-order chi connectivity index (χ0) is 14.2. The Labute approximate surface area is 105 Å². The molecule has 0 radical (unpaired) electrons. The van der Waals surface area contributed by atoms with E-state index in [2.05, 4.69) is 4.98 Å². The molecule has 5 nitrogen and oxygen atoms in total. The van der Waals surface area contributed by atoms with Crippen molar-refractivity contribution in [2.45, 2.75) is 0 Å². The Balaban J connectivity index is 2.43. The number of carbonyl (C=O) groups excluding carboxylic acids is 1. The van der Waals surface area contributed by atoms with Gasteiger partial charge in [0.2, 0.25) is 0 Å². The fourth-order valence-electron chi connectivity index (χ4n) is 1.54. The molecular weight excluding hydrogens is 258 g/mol. The van der Waals surface area contributed by atoms with E-state index in [0.717, 1.165) is 18.3 Å². The van der Waals surface area contributed by atoms with E-state index < -0.39 is 29.0 Å². The number of rotatable bonds is 3. The number of nitrogens with two attached hydrogens (primary N) is 1. The zero-order valence-corrected chi connectivity index (χ0v) is 9.41. The van der Waals surface area contributed by atoms with E-state index in [4.69, 9.17) is 10.8 Å². The van der Waals surface area contributed by atoms with Crippen molar-refractivity contribution >= 4 is 17.4 Å². The van der Waals surface area contributed by atoms with E-state index in [9.17, 15) is 18.4 Å². The van der Waals surface area contributed by atoms with E-state index >= 15 is 0 Å². The first-order valence-electron chi connectivity index (χ1n) is 5.11. The molecule has 0 fully saturated rings. The lowest BCUT2D eigenvalue weighted by Gasteiger charge is -2.03. The first kappa shape index (κ1) is 12.7. The van der Waals surface area contributed by atoms with Crippen molar-refractivity contribution in [1.82, 2.24) is 4.98 Å². The number of aromatic amines is 1. The van der Waals surface area contributed by atoms with Crippen LogP contribution in [0.25, 0.3) is 0 Å². The van der Waals surface area contributed by atoms with Gasteiger partial charge in [0.15, 0.2) is 5.78 Å². The van der Waals surface area contributed by atoms with Crippen molar-refractivity contribution in [2.75, 3.05) is 5.73 Å². The number of nitrogen functional groups attached to an aromatic ring is 1. The molecule has 0 unspecified atom stereocenters. The Kier molecular flexibility index (Phi) is 3.04. The average molecular weight is 266 g/mol. The number of aromatic nitrogens is 1. The number of carboxylic acid groups (broad SMARTS) is 1. The molecule has 1 aromatic carbocycles. The van der Waals surface area contributed by atoms with Gasteiger partial charge in [0.1, 0.15) is 17.3 Å². The fraction of sp³-hybridized carbons (Fsp3) is 0. The van der Waals surface area contributed by atoms with Gasteiger partial charge in [0, 0.05) is 17.8 Å². The van der Waals surface area contributed by atoms with Crippen LogP contribution >= 0.6 is 0 Å². The Morgan fingerprint density at radius 2 is 1.84 bits per heavy atom. The van der Waals surface area contributed by atoms with Gasteiger partial charge in [-0.05, 0) is 12.1 Å². The zero-order valence-electron chi connectivity index (χ0n) is 9.41. The van der Waals surface area contributed by atoms with Crippen LogP contribution in [-0.2, 0) is 0 Å². The number of ketones is 1. The number of aromatic carboxylic acids is 1. The first-order valence-corrected chi connectivity index (χ1v) is 5.11. The van der Waals surface area contributed by atoms with Gasteiger partial charge in [-0.1, -0.05) is 0 Å². The van der Waals surface area contributed by atoms with Gasteiger partial charge in [-0.15, -0.1) is 0 Å². The molecule has 0 amide bonds. The van der Waals surface area contributed by atoms with Crippen molar-refractivity contribution in [3.63, 3.8) is 0 Å². The second-order valence-electron chi connectivity index (χ2n) is 3.79. The number of carboxylic acids is 1. The molecule has 2 aromatic rings. The highest BCUT2D eigenvalue weighted by atomic mass is 19.1. The maximum atomic E-state index is 13.5. The van der Waals surface area contributed by atoms with Crippen LogP contribution < -0.4 is 5.73 Å². The SMILES string of the molecule is Nc1cc(C(=O)c2c[nH]c(C(=O)O)c2)c(F)cc1F. The van der Waals surface area contributed by atoms with Crippen molar-refractivity contribution in [3.8, 4) is 0 Å². The van der Waals surface area contributed by atoms with Crippen LogP contribution in [0.3, 0.4) is 0 Å². The van der Waals surface area contributed by atoms with E-state index in [1.165, 1.54) is 0 Å². The molecule has 0 aliphatic heterocycles. The van der Waals surface area contributed by atoms with E-state index in [-0.39, 0.29) is 16.9 Å². The third-order valence-corrected chi connectivity index (χ3v) is 2.51. The lowest BCUT2D eigenvalue weighted by Crippen LogP contribution is -2.06. The van der Waals surface area contributed by atoms with Crippen molar-refractivity contribution in [3.05, 3.63) is 52.9 Å².